The molecule has 1 heterocycles. The first-order valence-electron chi connectivity index (χ1n) is 13.9. The van der Waals surface area contributed by atoms with Gasteiger partial charge in [0.05, 0.1) is 16.3 Å². The highest BCUT2D eigenvalue weighted by Gasteiger charge is 2.42. The van der Waals surface area contributed by atoms with E-state index in [1.807, 2.05) is 32.0 Å². The summed E-state index contributed by atoms with van der Waals surface area (Å²) in [5.74, 6) is 0.822. The minimum Gasteiger partial charge on any atom is -0.491 e. The Morgan fingerprint density at radius 2 is 1.07 bits per heavy atom. The van der Waals surface area contributed by atoms with Crippen LogP contribution in [0.4, 0.5) is 0 Å². The number of benzene rings is 5. The Morgan fingerprint density at radius 1 is 0.610 bits per heavy atom. The van der Waals surface area contributed by atoms with Crippen LogP contribution in [-0.4, -0.2) is 15.9 Å². The molecule has 0 aliphatic rings. The third kappa shape index (κ3) is 5.00. The molecule has 202 valence electrons. The van der Waals surface area contributed by atoms with Crippen LogP contribution in [0.15, 0.2) is 150 Å². The van der Waals surface area contributed by atoms with Crippen LogP contribution in [0.1, 0.15) is 30.5 Å². The smallest absolute Gasteiger partial charge is 0.138 e. The topological polar surface area (TPSA) is 27.1 Å². The second-order valence-electron chi connectivity index (χ2n) is 10.3. The maximum atomic E-state index is 6.14. The number of nitrogens with zero attached hydrogens (tertiary/aromatic N) is 2. The average molecular weight is 600 g/mol. The SMILES string of the molecule is CC(C)Oc1cccc(-c2c(Br)c(-c3ccccc3)nn2C(c2ccccc2)(c2ccccc2)c2ccccc2)c1. The number of ether oxygens (including phenoxy) is 1. The molecule has 0 aliphatic carbocycles. The maximum Gasteiger partial charge on any atom is 0.138 e. The maximum absolute atomic E-state index is 6.14. The van der Waals surface area contributed by atoms with Crippen molar-refractivity contribution in [3.05, 3.63) is 167 Å². The van der Waals surface area contributed by atoms with Crippen molar-refractivity contribution in [2.24, 2.45) is 0 Å². The lowest BCUT2D eigenvalue weighted by atomic mass is 9.76. The van der Waals surface area contributed by atoms with Crippen LogP contribution in [0.3, 0.4) is 0 Å². The van der Waals surface area contributed by atoms with Gasteiger partial charge in [0.25, 0.3) is 0 Å². The van der Waals surface area contributed by atoms with Crippen molar-refractivity contribution in [3.8, 4) is 28.3 Å². The lowest BCUT2D eigenvalue weighted by molar-refractivity contribution is 0.242. The second-order valence-corrected chi connectivity index (χ2v) is 11.1. The second kappa shape index (κ2) is 11.6. The van der Waals surface area contributed by atoms with E-state index in [2.05, 4.69) is 148 Å². The fourth-order valence-electron chi connectivity index (χ4n) is 5.57. The van der Waals surface area contributed by atoms with Crippen molar-refractivity contribution >= 4 is 15.9 Å². The van der Waals surface area contributed by atoms with Crippen molar-refractivity contribution in [1.82, 2.24) is 9.78 Å². The van der Waals surface area contributed by atoms with E-state index in [9.17, 15) is 0 Å². The van der Waals surface area contributed by atoms with Crippen LogP contribution >= 0.6 is 15.9 Å². The molecule has 0 atom stereocenters. The molecular formula is C37H31BrN2O. The summed E-state index contributed by atoms with van der Waals surface area (Å²) in [5, 5.41) is 5.48. The lowest BCUT2D eigenvalue weighted by Gasteiger charge is -2.37. The first kappa shape index (κ1) is 26.8. The summed E-state index contributed by atoms with van der Waals surface area (Å²) in [6, 6.07) is 50.6. The Labute approximate surface area is 250 Å². The summed E-state index contributed by atoms with van der Waals surface area (Å²) >= 11 is 4.04. The monoisotopic (exact) mass is 598 g/mol. The zero-order chi connectivity index (χ0) is 28.2. The van der Waals surface area contributed by atoms with Gasteiger partial charge in [0.15, 0.2) is 0 Å². The van der Waals surface area contributed by atoms with Crippen molar-refractivity contribution in [2.75, 3.05) is 0 Å². The Bertz CT molecular complexity index is 1630. The summed E-state index contributed by atoms with van der Waals surface area (Å²) in [4.78, 5) is 0. The number of hydrogen-bond donors (Lipinski definition) is 0. The molecule has 6 aromatic rings. The normalized spacial score (nSPS) is 11.5. The summed E-state index contributed by atoms with van der Waals surface area (Å²) in [5.41, 5.74) is 6.46. The average Bonchev–Trinajstić information content (AvgIpc) is 3.36. The Hall–Kier alpha value is -4.41. The van der Waals surface area contributed by atoms with Crippen molar-refractivity contribution in [2.45, 2.75) is 25.5 Å². The standard InChI is InChI=1S/C37H31BrN2O/c1-27(2)41-33-25-15-18-29(26-33)36-34(38)35(28-16-7-3-8-17-28)39-40(36)37(30-19-9-4-10-20-30,31-21-11-5-12-22-31)32-23-13-6-14-24-32/h3-27H,1-2H3. The quantitative estimate of drug-likeness (QED) is 0.163. The van der Waals surface area contributed by atoms with E-state index in [0.717, 1.165) is 49.4 Å². The number of halogens is 1. The predicted molar refractivity (Wildman–Crippen MR) is 171 cm³/mol. The van der Waals surface area contributed by atoms with E-state index in [1.54, 1.807) is 0 Å². The van der Waals surface area contributed by atoms with E-state index < -0.39 is 5.54 Å². The van der Waals surface area contributed by atoms with Crippen molar-refractivity contribution in [3.63, 3.8) is 0 Å². The molecular weight excluding hydrogens is 568 g/mol. The third-order valence-corrected chi connectivity index (χ3v) is 8.00. The predicted octanol–water partition coefficient (Wildman–Crippen LogP) is 9.61. The summed E-state index contributed by atoms with van der Waals surface area (Å²) in [6.07, 6.45) is 0.0653. The van der Waals surface area contributed by atoms with Crippen LogP contribution in [0.5, 0.6) is 5.75 Å². The van der Waals surface area contributed by atoms with Crippen molar-refractivity contribution in [1.29, 1.82) is 0 Å². The molecule has 0 saturated carbocycles. The van der Waals surface area contributed by atoms with Crippen LogP contribution < -0.4 is 4.74 Å². The number of aromatic nitrogens is 2. The molecule has 6 rings (SSSR count). The lowest BCUT2D eigenvalue weighted by Crippen LogP contribution is -2.39. The molecule has 0 spiro atoms. The van der Waals surface area contributed by atoms with Gasteiger partial charge in [-0.15, -0.1) is 0 Å². The van der Waals surface area contributed by atoms with Crippen LogP contribution in [0.2, 0.25) is 0 Å². The fraction of sp³-hybridized carbons (Fsp3) is 0.108. The first-order valence-corrected chi connectivity index (χ1v) is 14.7. The largest absolute Gasteiger partial charge is 0.491 e. The molecule has 1 aromatic heterocycles. The molecule has 0 radical (unpaired) electrons. The van der Waals surface area contributed by atoms with Crippen molar-refractivity contribution < 1.29 is 4.74 Å². The molecule has 0 amide bonds. The molecule has 0 aliphatic heterocycles. The molecule has 41 heavy (non-hydrogen) atoms. The van der Waals surface area contributed by atoms with Gasteiger partial charge in [-0.05, 0) is 58.6 Å². The Balaban J connectivity index is 1.77. The van der Waals surface area contributed by atoms with Gasteiger partial charge in [0, 0.05) is 11.1 Å². The Morgan fingerprint density at radius 3 is 1.56 bits per heavy atom. The highest BCUT2D eigenvalue weighted by Crippen LogP contribution is 2.47. The van der Waals surface area contributed by atoms with Gasteiger partial charge < -0.3 is 4.74 Å². The molecule has 0 bridgehead atoms. The van der Waals surface area contributed by atoms with Gasteiger partial charge in [-0.3, -0.25) is 0 Å². The van der Waals surface area contributed by atoms with Gasteiger partial charge in [-0.1, -0.05) is 133 Å². The molecule has 4 heteroatoms. The third-order valence-electron chi connectivity index (χ3n) is 7.25. The van der Waals surface area contributed by atoms with Crippen LogP contribution in [-0.2, 0) is 5.54 Å². The fourth-order valence-corrected chi connectivity index (χ4v) is 6.27. The van der Waals surface area contributed by atoms with Gasteiger partial charge in [-0.25, -0.2) is 4.68 Å². The molecule has 0 saturated heterocycles. The summed E-state index contributed by atoms with van der Waals surface area (Å²) in [7, 11) is 0. The molecule has 0 unspecified atom stereocenters. The molecule has 5 aromatic carbocycles. The first-order chi connectivity index (χ1) is 20.1. The zero-order valence-electron chi connectivity index (χ0n) is 23.1. The molecule has 3 nitrogen and oxygen atoms in total. The van der Waals surface area contributed by atoms with Gasteiger partial charge in [-0.2, -0.15) is 5.10 Å². The van der Waals surface area contributed by atoms with E-state index in [4.69, 9.17) is 9.84 Å². The Kier molecular flexibility index (Phi) is 7.58. The highest BCUT2D eigenvalue weighted by molar-refractivity contribution is 9.10. The van der Waals surface area contributed by atoms with E-state index in [1.165, 1.54) is 0 Å². The zero-order valence-corrected chi connectivity index (χ0v) is 24.7. The van der Waals surface area contributed by atoms with E-state index in [-0.39, 0.29) is 6.10 Å². The van der Waals surface area contributed by atoms with Gasteiger partial charge in [0.2, 0.25) is 0 Å². The minimum absolute atomic E-state index is 0.0653. The van der Waals surface area contributed by atoms with E-state index >= 15 is 0 Å². The number of rotatable bonds is 8. The molecule has 0 N–H and O–H groups in total. The summed E-state index contributed by atoms with van der Waals surface area (Å²) in [6.45, 7) is 4.09. The van der Waals surface area contributed by atoms with Crippen LogP contribution in [0, 0.1) is 0 Å². The van der Waals surface area contributed by atoms with E-state index in [0.29, 0.717) is 0 Å². The highest BCUT2D eigenvalue weighted by atomic mass is 79.9. The van der Waals surface area contributed by atoms with Crippen LogP contribution in [0.25, 0.3) is 22.5 Å². The minimum atomic E-state index is -0.774. The molecule has 0 fully saturated rings. The summed E-state index contributed by atoms with van der Waals surface area (Å²) < 4.78 is 9.27. The number of hydrogen-bond acceptors (Lipinski definition) is 2. The van der Waals surface area contributed by atoms with Gasteiger partial charge >= 0.3 is 0 Å². The van der Waals surface area contributed by atoms with Gasteiger partial charge in [0.1, 0.15) is 17.0 Å².